The first kappa shape index (κ1) is 28.5. The Hall–Kier alpha value is -3.03. The van der Waals surface area contributed by atoms with Gasteiger partial charge in [-0.2, -0.15) is 4.99 Å². The summed E-state index contributed by atoms with van der Waals surface area (Å²) in [6.45, 7) is 14.5. The zero-order chi connectivity index (χ0) is 27.9. The molecule has 3 aliphatic heterocycles. The Balaban J connectivity index is 1.39. The highest BCUT2D eigenvalue weighted by Crippen LogP contribution is 2.36. The zero-order valence-corrected chi connectivity index (χ0v) is 24.0. The summed E-state index contributed by atoms with van der Waals surface area (Å²) in [5.74, 6) is 1.81. The maximum Gasteiger partial charge on any atom is 0.226 e. The van der Waals surface area contributed by atoms with E-state index in [1.54, 1.807) is 12.4 Å². The fourth-order valence-corrected chi connectivity index (χ4v) is 6.29. The van der Waals surface area contributed by atoms with Gasteiger partial charge in [-0.3, -0.25) is 4.90 Å². The number of hydrogen-bond donors (Lipinski definition) is 2. The van der Waals surface area contributed by atoms with E-state index in [0.29, 0.717) is 25.6 Å². The number of piperazine rings is 1. The van der Waals surface area contributed by atoms with Crippen molar-refractivity contribution in [3.8, 4) is 0 Å². The lowest BCUT2D eigenvalue weighted by atomic mass is 10.1. The molecule has 0 unspecified atom stereocenters. The molecule has 0 radical (unpaired) electrons. The molecule has 1 aromatic heterocycles. The molecule has 214 valence electrons. The van der Waals surface area contributed by atoms with Gasteiger partial charge in [-0.25, -0.2) is 19.3 Å². The number of nitrogen functional groups attached to an aromatic ring is 1. The van der Waals surface area contributed by atoms with E-state index in [1.807, 2.05) is 11.9 Å². The zero-order valence-electron chi connectivity index (χ0n) is 23.2. The van der Waals surface area contributed by atoms with Crippen molar-refractivity contribution in [1.82, 2.24) is 24.1 Å². The van der Waals surface area contributed by atoms with Crippen molar-refractivity contribution >= 4 is 36.3 Å². The van der Waals surface area contributed by atoms with Gasteiger partial charge in [0.2, 0.25) is 11.9 Å². The van der Waals surface area contributed by atoms with Gasteiger partial charge in [0.25, 0.3) is 0 Å². The number of benzene rings is 1. The highest BCUT2D eigenvalue weighted by molar-refractivity contribution is 7.97. The average molecular weight is 566 g/mol. The molecule has 3 aliphatic rings. The Labute approximate surface area is 240 Å². The van der Waals surface area contributed by atoms with E-state index in [2.05, 4.69) is 65.8 Å². The van der Waals surface area contributed by atoms with Crippen molar-refractivity contribution in [1.29, 1.82) is 0 Å². The van der Waals surface area contributed by atoms with E-state index in [1.165, 1.54) is 16.0 Å². The Bertz CT molecular complexity index is 1220. The first-order valence-electron chi connectivity index (χ1n) is 13.8. The summed E-state index contributed by atoms with van der Waals surface area (Å²) in [6, 6.07) is 6.68. The van der Waals surface area contributed by atoms with E-state index in [-0.39, 0.29) is 12.6 Å². The molecule has 4 heterocycles. The Morgan fingerprint density at radius 1 is 1.10 bits per heavy atom. The largest absolute Gasteiger partial charge is 0.395 e. The number of aliphatic hydroxyl groups is 1. The summed E-state index contributed by atoms with van der Waals surface area (Å²) in [5.41, 5.74) is 10.3. The summed E-state index contributed by atoms with van der Waals surface area (Å²) < 4.78 is 7.95. The third-order valence-corrected chi connectivity index (χ3v) is 8.52. The SMILES string of the molecule is C=NC(=NC1=C(Cc2cnc(N)nc2)CCN1c1ccc(SN2CCN(CCO)CC2)cc1C)N1CCOCC1. The minimum Gasteiger partial charge on any atom is -0.395 e. The molecule has 12 heteroatoms. The van der Waals surface area contributed by atoms with Gasteiger partial charge in [-0.1, -0.05) is 0 Å². The quantitative estimate of drug-likeness (QED) is 0.280. The summed E-state index contributed by atoms with van der Waals surface area (Å²) in [5, 5.41) is 9.21. The summed E-state index contributed by atoms with van der Waals surface area (Å²) in [4.78, 5) is 25.8. The van der Waals surface area contributed by atoms with Gasteiger partial charge < -0.3 is 25.4 Å². The highest BCUT2D eigenvalue weighted by Gasteiger charge is 2.27. The minimum absolute atomic E-state index is 0.219. The molecule has 0 saturated carbocycles. The van der Waals surface area contributed by atoms with Gasteiger partial charge in [0.15, 0.2) is 0 Å². The van der Waals surface area contributed by atoms with Gasteiger partial charge in [0.1, 0.15) is 5.82 Å². The monoisotopic (exact) mass is 565 g/mol. The second kappa shape index (κ2) is 13.6. The first-order chi connectivity index (χ1) is 19.5. The molecule has 0 bridgehead atoms. The number of guanidine groups is 1. The number of morpholine rings is 1. The highest BCUT2D eigenvalue weighted by atomic mass is 32.2. The van der Waals surface area contributed by atoms with E-state index < -0.39 is 0 Å². The summed E-state index contributed by atoms with van der Waals surface area (Å²) in [6.07, 6.45) is 5.15. The van der Waals surface area contributed by atoms with Crippen LogP contribution >= 0.6 is 11.9 Å². The second-order valence-corrected chi connectivity index (χ2v) is 11.3. The lowest BCUT2D eigenvalue weighted by Crippen LogP contribution is -2.44. The number of β-amino-alcohol motifs (C(OH)–C–C–N with tert-alkyl or cyclic N) is 1. The van der Waals surface area contributed by atoms with Crippen LogP contribution in [0.3, 0.4) is 0 Å². The topological polar surface area (TPSA) is 119 Å². The molecule has 2 aromatic rings. The molecular weight excluding hydrogens is 526 g/mol. The molecule has 3 N–H and O–H groups in total. The van der Waals surface area contributed by atoms with E-state index in [0.717, 1.165) is 75.9 Å². The number of nitrogens with zero attached hydrogens (tertiary/aromatic N) is 8. The Morgan fingerprint density at radius 2 is 1.85 bits per heavy atom. The lowest BCUT2D eigenvalue weighted by molar-refractivity contribution is 0.0676. The van der Waals surface area contributed by atoms with Crippen LogP contribution in [0.2, 0.25) is 0 Å². The molecule has 11 nitrogen and oxygen atoms in total. The molecule has 2 fully saturated rings. The predicted octanol–water partition coefficient (Wildman–Crippen LogP) is 2.04. The lowest BCUT2D eigenvalue weighted by Gasteiger charge is -2.33. The van der Waals surface area contributed by atoms with Gasteiger partial charge >= 0.3 is 0 Å². The van der Waals surface area contributed by atoms with E-state index in [4.69, 9.17) is 15.5 Å². The van der Waals surface area contributed by atoms with Gasteiger partial charge in [-0.15, -0.1) is 0 Å². The molecule has 40 heavy (non-hydrogen) atoms. The van der Waals surface area contributed by atoms with Crippen LogP contribution in [0.25, 0.3) is 0 Å². The molecule has 0 atom stereocenters. The van der Waals surface area contributed by atoms with Gasteiger partial charge in [0, 0.05) is 81.8 Å². The van der Waals surface area contributed by atoms with Crippen LogP contribution < -0.4 is 10.6 Å². The van der Waals surface area contributed by atoms with E-state index in [9.17, 15) is 5.11 Å². The second-order valence-electron chi connectivity index (χ2n) is 10.2. The van der Waals surface area contributed by atoms with Crippen LogP contribution in [0.15, 0.2) is 56.9 Å². The normalized spacial score (nSPS) is 19.5. The third kappa shape index (κ3) is 6.99. The van der Waals surface area contributed by atoms with E-state index >= 15 is 0 Å². The fourth-order valence-electron chi connectivity index (χ4n) is 5.29. The number of ether oxygens (including phenoxy) is 1. The van der Waals surface area contributed by atoms with Gasteiger partial charge in [0.05, 0.1) is 19.8 Å². The predicted molar refractivity (Wildman–Crippen MR) is 161 cm³/mol. The molecule has 0 spiro atoms. The molecule has 5 rings (SSSR count). The van der Waals surface area contributed by atoms with Crippen molar-refractivity contribution < 1.29 is 9.84 Å². The molecular formula is C28H39N9O2S. The van der Waals surface area contributed by atoms with Crippen LogP contribution in [-0.2, 0) is 11.2 Å². The number of rotatable bonds is 8. The van der Waals surface area contributed by atoms with Crippen LogP contribution in [-0.4, -0.2) is 114 Å². The smallest absolute Gasteiger partial charge is 0.226 e. The summed E-state index contributed by atoms with van der Waals surface area (Å²) >= 11 is 1.81. The van der Waals surface area contributed by atoms with Crippen LogP contribution in [0.5, 0.6) is 0 Å². The van der Waals surface area contributed by atoms with Crippen LogP contribution in [0, 0.1) is 6.92 Å². The maximum atomic E-state index is 9.21. The fraction of sp³-hybridized carbons (Fsp3) is 0.500. The average Bonchev–Trinajstić information content (AvgIpc) is 3.36. The number of anilines is 2. The molecule has 2 saturated heterocycles. The number of aromatic nitrogens is 2. The maximum absolute atomic E-state index is 9.21. The van der Waals surface area contributed by atoms with Crippen molar-refractivity contribution in [2.24, 2.45) is 9.98 Å². The number of aliphatic imine (C=N–C) groups is 2. The van der Waals surface area contributed by atoms with Crippen LogP contribution in [0.4, 0.5) is 11.6 Å². The van der Waals surface area contributed by atoms with Crippen LogP contribution in [0.1, 0.15) is 17.5 Å². The molecule has 0 amide bonds. The van der Waals surface area contributed by atoms with Gasteiger partial charge in [-0.05, 0) is 66.9 Å². The Morgan fingerprint density at radius 3 is 2.52 bits per heavy atom. The first-order valence-corrected chi connectivity index (χ1v) is 14.6. The number of nitrogens with two attached hydrogens (primary N) is 1. The molecule has 0 aliphatic carbocycles. The number of aliphatic hydroxyl groups excluding tert-OH is 1. The van der Waals surface area contributed by atoms with Crippen molar-refractivity contribution in [2.75, 3.05) is 82.8 Å². The van der Waals surface area contributed by atoms with Crippen molar-refractivity contribution in [2.45, 2.75) is 24.7 Å². The van der Waals surface area contributed by atoms with Crippen molar-refractivity contribution in [3.63, 3.8) is 0 Å². The number of aryl methyl sites for hydroxylation is 1. The molecule has 1 aromatic carbocycles. The Kier molecular flexibility index (Phi) is 9.66. The third-order valence-electron chi connectivity index (χ3n) is 7.43. The summed E-state index contributed by atoms with van der Waals surface area (Å²) in [7, 11) is 0. The standard InChI is InChI=1S/C28H39N9O2S/c1-21-17-24(40-36-9-7-34(8-10-36)11-14-38)3-4-25(21)37-6-5-23(18-22-19-31-27(29)32-20-22)26(37)33-28(30-2)35-12-15-39-16-13-35/h3-4,17,19-20,38H,2,5-16,18H2,1H3,(H2,29,31,32). The number of hydrogen-bond acceptors (Lipinski definition) is 10. The minimum atomic E-state index is 0.219. The van der Waals surface area contributed by atoms with Crippen molar-refractivity contribution in [3.05, 3.63) is 53.1 Å².